The lowest BCUT2D eigenvalue weighted by atomic mass is 10.1. The first-order valence-corrected chi connectivity index (χ1v) is 10.3. The van der Waals surface area contributed by atoms with Gasteiger partial charge in [0.2, 0.25) is 10.0 Å². The average molecular weight is 397 g/mol. The first-order chi connectivity index (χ1) is 12.3. The third-order valence-corrected chi connectivity index (χ3v) is 7.02. The lowest BCUT2D eigenvalue weighted by Gasteiger charge is -2.34. The summed E-state index contributed by atoms with van der Waals surface area (Å²) in [5.74, 6) is -0.431. The summed E-state index contributed by atoms with van der Waals surface area (Å²) in [6.45, 7) is 6.62. The molecule has 0 radical (unpaired) electrons. The van der Waals surface area contributed by atoms with Gasteiger partial charge in [-0.3, -0.25) is 4.90 Å². The summed E-state index contributed by atoms with van der Waals surface area (Å²) in [7, 11) is -3.47. The predicted molar refractivity (Wildman–Crippen MR) is 101 cm³/mol. The number of benzene rings is 2. The monoisotopic (exact) mass is 396 g/mol. The minimum absolute atomic E-state index is 0.110. The van der Waals surface area contributed by atoms with Gasteiger partial charge in [-0.25, -0.2) is 12.8 Å². The van der Waals surface area contributed by atoms with Gasteiger partial charge in [0.05, 0.1) is 9.92 Å². The fourth-order valence-electron chi connectivity index (χ4n) is 3.05. The van der Waals surface area contributed by atoms with Gasteiger partial charge in [-0.2, -0.15) is 4.31 Å². The lowest BCUT2D eigenvalue weighted by Crippen LogP contribution is -2.48. The smallest absolute Gasteiger partial charge is 0.243 e. The van der Waals surface area contributed by atoms with Crippen molar-refractivity contribution in [2.45, 2.75) is 25.3 Å². The standard InChI is InChI=1S/C19H22ClFN2O2S/c1-14-3-5-17(11-15(14)2)26(24,25)23-9-7-22(8-10-23)13-16-4-6-19(21)18(20)12-16/h3-6,11-12H,7-10,13H2,1-2H3. The minimum Gasteiger partial charge on any atom is -0.296 e. The molecule has 0 saturated carbocycles. The Morgan fingerprint density at radius 2 is 1.69 bits per heavy atom. The molecule has 2 aromatic carbocycles. The maximum atomic E-state index is 13.3. The van der Waals surface area contributed by atoms with Gasteiger partial charge >= 0.3 is 0 Å². The highest BCUT2D eigenvalue weighted by Crippen LogP contribution is 2.22. The highest BCUT2D eigenvalue weighted by Gasteiger charge is 2.28. The fourth-order valence-corrected chi connectivity index (χ4v) is 4.76. The van der Waals surface area contributed by atoms with Crippen LogP contribution in [0.1, 0.15) is 16.7 Å². The van der Waals surface area contributed by atoms with Gasteiger partial charge in [0.25, 0.3) is 0 Å². The second-order valence-electron chi connectivity index (χ2n) is 6.67. The van der Waals surface area contributed by atoms with Gasteiger partial charge in [0, 0.05) is 32.7 Å². The highest BCUT2D eigenvalue weighted by atomic mass is 35.5. The van der Waals surface area contributed by atoms with Crippen molar-refractivity contribution in [3.8, 4) is 0 Å². The molecule has 2 aromatic rings. The third kappa shape index (κ3) is 4.09. The molecule has 0 spiro atoms. The molecule has 1 saturated heterocycles. The number of rotatable bonds is 4. The molecule has 0 N–H and O–H groups in total. The first kappa shape index (κ1) is 19.3. The SMILES string of the molecule is Cc1ccc(S(=O)(=O)N2CCN(Cc3ccc(F)c(Cl)c3)CC2)cc1C. The molecule has 1 fully saturated rings. The third-order valence-electron chi connectivity index (χ3n) is 4.84. The Balaban J connectivity index is 1.65. The summed E-state index contributed by atoms with van der Waals surface area (Å²) in [6, 6.07) is 9.94. The predicted octanol–water partition coefficient (Wildman–Crippen LogP) is 3.60. The van der Waals surface area contributed by atoms with E-state index in [4.69, 9.17) is 11.6 Å². The highest BCUT2D eigenvalue weighted by molar-refractivity contribution is 7.89. The molecule has 0 atom stereocenters. The van der Waals surface area contributed by atoms with E-state index in [-0.39, 0.29) is 5.02 Å². The summed E-state index contributed by atoms with van der Waals surface area (Å²) in [4.78, 5) is 2.50. The average Bonchev–Trinajstić information content (AvgIpc) is 2.61. The van der Waals surface area contributed by atoms with Crippen LogP contribution < -0.4 is 0 Å². The topological polar surface area (TPSA) is 40.6 Å². The van der Waals surface area contributed by atoms with Crippen molar-refractivity contribution in [3.05, 3.63) is 63.9 Å². The zero-order chi connectivity index (χ0) is 18.9. The van der Waals surface area contributed by atoms with Crippen LogP contribution in [-0.2, 0) is 16.6 Å². The van der Waals surface area contributed by atoms with E-state index in [1.54, 1.807) is 24.3 Å². The number of hydrogen-bond donors (Lipinski definition) is 0. The van der Waals surface area contributed by atoms with E-state index in [2.05, 4.69) is 4.90 Å². The molecule has 0 amide bonds. The van der Waals surface area contributed by atoms with Crippen LogP contribution in [0.3, 0.4) is 0 Å². The fraction of sp³-hybridized carbons (Fsp3) is 0.368. The number of nitrogens with zero attached hydrogens (tertiary/aromatic N) is 2. The molecule has 7 heteroatoms. The minimum atomic E-state index is -3.47. The summed E-state index contributed by atoms with van der Waals surface area (Å²) in [6.07, 6.45) is 0. The summed E-state index contributed by atoms with van der Waals surface area (Å²) in [5.41, 5.74) is 2.96. The van der Waals surface area contributed by atoms with Crippen LogP contribution in [-0.4, -0.2) is 43.8 Å². The van der Waals surface area contributed by atoms with Crippen molar-refractivity contribution >= 4 is 21.6 Å². The van der Waals surface area contributed by atoms with Crippen molar-refractivity contribution in [2.75, 3.05) is 26.2 Å². The summed E-state index contributed by atoms with van der Waals surface area (Å²) < 4.78 is 40.5. The molecule has 4 nitrogen and oxygen atoms in total. The van der Waals surface area contributed by atoms with Crippen LogP contribution in [0.5, 0.6) is 0 Å². The number of hydrogen-bond acceptors (Lipinski definition) is 3. The van der Waals surface area contributed by atoms with Gasteiger partial charge in [-0.1, -0.05) is 23.7 Å². The molecule has 3 rings (SSSR count). The van der Waals surface area contributed by atoms with Crippen molar-refractivity contribution in [1.29, 1.82) is 0 Å². The maximum absolute atomic E-state index is 13.3. The Kier molecular flexibility index (Phi) is 5.67. The molecular weight excluding hydrogens is 375 g/mol. The van der Waals surface area contributed by atoms with Crippen LogP contribution in [0.2, 0.25) is 5.02 Å². The van der Waals surface area contributed by atoms with E-state index >= 15 is 0 Å². The second kappa shape index (κ2) is 7.64. The van der Waals surface area contributed by atoms with Crippen LogP contribution in [0.25, 0.3) is 0 Å². The summed E-state index contributed by atoms with van der Waals surface area (Å²) in [5, 5.41) is 0.110. The quantitative estimate of drug-likeness (QED) is 0.792. The molecule has 0 aromatic heterocycles. The van der Waals surface area contributed by atoms with Gasteiger partial charge in [-0.15, -0.1) is 0 Å². The summed E-state index contributed by atoms with van der Waals surface area (Å²) >= 11 is 5.83. The number of sulfonamides is 1. The van der Waals surface area contributed by atoms with Crippen LogP contribution in [0.15, 0.2) is 41.3 Å². The van der Waals surface area contributed by atoms with E-state index in [0.29, 0.717) is 37.6 Å². The molecule has 0 unspecified atom stereocenters. The van der Waals surface area contributed by atoms with Crippen LogP contribution >= 0.6 is 11.6 Å². The Bertz CT molecular complexity index is 910. The Morgan fingerprint density at radius 3 is 2.31 bits per heavy atom. The first-order valence-electron chi connectivity index (χ1n) is 8.51. The molecule has 1 aliphatic heterocycles. The zero-order valence-electron chi connectivity index (χ0n) is 14.9. The number of halogens is 2. The van der Waals surface area contributed by atoms with Gasteiger partial charge in [-0.05, 0) is 54.8 Å². The maximum Gasteiger partial charge on any atom is 0.243 e. The normalized spacial score (nSPS) is 16.8. The van der Waals surface area contributed by atoms with E-state index in [1.807, 2.05) is 19.9 Å². The van der Waals surface area contributed by atoms with E-state index in [1.165, 1.54) is 10.4 Å². The van der Waals surface area contributed by atoms with Crippen molar-refractivity contribution in [2.24, 2.45) is 0 Å². The van der Waals surface area contributed by atoms with Crippen molar-refractivity contribution in [1.82, 2.24) is 9.21 Å². The van der Waals surface area contributed by atoms with Gasteiger partial charge in [0.15, 0.2) is 0 Å². The van der Waals surface area contributed by atoms with Crippen LogP contribution in [0, 0.1) is 19.7 Å². The second-order valence-corrected chi connectivity index (χ2v) is 9.02. The Morgan fingerprint density at radius 1 is 1.00 bits per heavy atom. The zero-order valence-corrected chi connectivity index (χ0v) is 16.4. The molecule has 26 heavy (non-hydrogen) atoms. The molecule has 0 bridgehead atoms. The van der Waals surface area contributed by atoms with Crippen LogP contribution in [0.4, 0.5) is 4.39 Å². The Labute approximate surface area is 159 Å². The molecular formula is C19H22ClFN2O2S. The van der Waals surface area contributed by atoms with Crippen molar-refractivity contribution < 1.29 is 12.8 Å². The lowest BCUT2D eigenvalue weighted by molar-refractivity contribution is 0.181. The van der Waals surface area contributed by atoms with E-state index in [9.17, 15) is 12.8 Å². The Hall–Kier alpha value is -1.47. The van der Waals surface area contributed by atoms with E-state index < -0.39 is 15.8 Å². The largest absolute Gasteiger partial charge is 0.296 e. The molecule has 140 valence electrons. The molecule has 0 aliphatic carbocycles. The van der Waals surface area contributed by atoms with Crippen molar-refractivity contribution in [3.63, 3.8) is 0 Å². The van der Waals surface area contributed by atoms with Gasteiger partial charge in [0.1, 0.15) is 5.82 Å². The molecule has 1 heterocycles. The number of aryl methyl sites for hydroxylation is 2. The number of piperazine rings is 1. The molecule has 1 aliphatic rings. The van der Waals surface area contributed by atoms with E-state index in [0.717, 1.165) is 16.7 Å². The van der Waals surface area contributed by atoms with Gasteiger partial charge < -0.3 is 0 Å².